The van der Waals surface area contributed by atoms with Crippen molar-refractivity contribution in [2.75, 3.05) is 107 Å². The maximum absolute atomic E-state index is 14.7. The van der Waals surface area contributed by atoms with Gasteiger partial charge in [0.25, 0.3) is 5.91 Å². The summed E-state index contributed by atoms with van der Waals surface area (Å²) in [7, 11) is -3.91. The molecule has 3 fully saturated rings. The van der Waals surface area contributed by atoms with Crippen LogP contribution in [-0.2, 0) is 31.2 Å². The monoisotopic (exact) mass is 1240 g/mol. The van der Waals surface area contributed by atoms with Gasteiger partial charge in [0.15, 0.2) is 15.7 Å². The molecule has 3 atom stereocenters. The Morgan fingerprint density at radius 1 is 0.775 bits per heavy atom. The molecule has 3 saturated heterocycles. The van der Waals surface area contributed by atoms with E-state index in [9.17, 15) is 31.6 Å². The number of carbonyl (C=O) groups excluding carboxylic acids is 3. The fourth-order valence-corrected chi connectivity index (χ4v) is 13.6. The van der Waals surface area contributed by atoms with E-state index in [-0.39, 0.29) is 65.0 Å². The molecule has 21 nitrogen and oxygen atoms in total. The summed E-state index contributed by atoms with van der Waals surface area (Å²) in [5.74, 6) is 0.170. The van der Waals surface area contributed by atoms with Gasteiger partial charge in [0.05, 0.1) is 45.0 Å². The number of rotatable bonds is 15. The molecule has 3 aromatic carbocycles. The van der Waals surface area contributed by atoms with Crippen molar-refractivity contribution < 1.29 is 41.1 Å². The predicted molar refractivity (Wildman–Crippen MR) is 338 cm³/mol. The van der Waals surface area contributed by atoms with Crippen LogP contribution in [-0.4, -0.2) is 201 Å². The van der Waals surface area contributed by atoms with Gasteiger partial charge in [-0.25, -0.2) is 32.0 Å². The Hall–Kier alpha value is -7.93. The number of benzene rings is 3. The quantitative estimate of drug-likeness (QED) is 0.0983. The van der Waals surface area contributed by atoms with Crippen LogP contribution in [0, 0.1) is 11.6 Å². The number of nitrogens with one attached hydrogen (secondary N) is 2. The van der Waals surface area contributed by atoms with Crippen molar-refractivity contribution in [2.45, 2.75) is 114 Å². The number of nitrogens with zero attached hydrogens (tertiary/aromatic N) is 12. The average Bonchev–Trinajstić information content (AvgIpc) is 1.78. The van der Waals surface area contributed by atoms with Crippen molar-refractivity contribution in [3.8, 4) is 5.75 Å². The van der Waals surface area contributed by atoms with E-state index in [0.717, 1.165) is 22.5 Å². The highest BCUT2D eigenvalue weighted by Crippen LogP contribution is 2.41. The van der Waals surface area contributed by atoms with E-state index in [1.54, 1.807) is 80.7 Å². The van der Waals surface area contributed by atoms with E-state index in [4.69, 9.17) is 14.5 Å². The van der Waals surface area contributed by atoms with Gasteiger partial charge >= 0.3 is 6.09 Å². The van der Waals surface area contributed by atoms with Crippen LogP contribution in [0.15, 0.2) is 96.4 Å². The fraction of sp³-hybridized carbons (Fsp3) is 0.477. The van der Waals surface area contributed by atoms with E-state index in [0.29, 0.717) is 130 Å². The molecule has 4 aliphatic rings. The van der Waals surface area contributed by atoms with Gasteiger partial charge in [-0.3, -0.25) is 39.4 Å². The minimum Gasteiger partial charge on any atom is -0.491 e. The normalized spacial score (nSPS) is 19.7. The van der Waals surface area contributed by atoms with Crippen LogP contribution >= 0.6 is 0 Å². The SMILES string of the molecule is CC1CN(C(=O)c2cnc(N3CCN(CCOc4cc5nccc(Nc6n[nH]c7ccc(F)cc67)c5cc4S(=O)(=O)C(C)(C)C)CC3)nc2)CCN1C[C@H]1CN(C(=O)OC(C)(C)C)[C@H](C)CN1CC(=O)N1CC(C)(C)c2ncc(Cc3ccc(F)cc3)cc21. The lowest BCUT2D eigenvalue weighted by Gasteiger charge is -2.48. The fourth-order valence-electron chi connectivity index (χ4n) is 12.3. The second-order valence-corrected chi connectivity index (χ2v) is 29.3. The third kappa shape index (κ3) is 13.7. The van der Waals surface area contributed by atoms with E-state index in [2.05, 4.69) is 70.8 Å². The molecule has 11 rings (SSSR count). The molecule has 4 aliphatic heterocycles. The van der Waals surface area contributed by atoms with E-state index in [1.807, 2.05) is 49.8 Å². The van der Waals surface area contributed by atoms with E-state index >= 15 is 0 Å². The number of amides is 3. The van der Waals surface area contributed by atoms with E-state index in [1.165, 1.54) is 24.3 Å². The summed E-state index contributed by atoms with van der Waals surface area (Å²) in [5.41, 5.74) is 4.50. The van der Waals surface area contributed by atoms with Gasteiger partial charge in [0.2, 0.25) is 11.9 Å². The maximum atomic E-state index is 14.7. The predicted octanol–water partition coefficient (Wildman–Crippen LogP) is 8.46. The smallest absolute Gasteiger partial charge is 0.410 e. The van der Waals surface area contributed by atoms with Gasteiger partial charge in [0, 0.05) is 144 Å². The Kier molecular flexibility index (Phi) is 17.5. The number of aromatic amines is 1. The largest absolute Gasteiger partial charge is 0.491 e. The van der Waals surface area contributed by atoms with Gasteiger partial charge < -0.3 is 34.4 Å². The number of hydrogen-bond acceptors (Lipinski definition) is 17. The van der Waals surface area contributed by atoms with Crippen molar-refractivity contribution in [3.05, 3.63) is 126 Å². The highest BCUT2D eigenvalue weighted by molar-refractivity contribution is 7.92. The van der Waals surface area contributed by atoms with Gasteiger partial charge in [-0.05, 0) is 121 Å². The number of piperazine rings is 3. The molecule has 0 saturated carbocycles. The zero-order valence-electron chi connectivity index (χ0n) is 52.4. The topological polar surface area (TPSA) is 219 Å². The lowest BCUT2D eigenvalue weighted by molar-refractivity contribution is -0.121. The minimum absolute atomic E-state index is 0.0361. The lowest BCUT2D eigenvalue weighted by Crippen LogP contribution is -2.65. The first kappa shape index (κ1) is 62.7. The molecule has 3 amide bonds. The second-order valence-electron chi connectivity index (χ2n) is 26.7. The third-order valence-electron chi connectivity index (χ3n) is 17.3. The minimum atomic E-state index is -3.91. The molecule has 24 heteroatoms. The summed E-state index contributed by atoms with van der Waals surface area (Å²) in [6, 6.07) is 17.2. The average molecular weight is 1240 g/mol. The van der Waals surface area contributed by atoms with Crippen LogP contribution in [0.1, 0.15) is 96.4 Å². The van der Waals surface area contributed by atoms with Crippen LogP contribution in [0.5, 0.6) is 5.75 Å². The summed E-state index contributed by atoms with van der Waals surface area (Å²) < 4.78 is 67.4. The first-order chi connectivity index (χ1) is 42.2. The van der Waals surface area contributed by atoms with Crippen LogP contribution in [0.3, 0.4) is 0 Å². The third-order valence-corrected chi connectivity index (χ3v) is 19.8. The second kappa shape index (κ2) is 24.8. The number of pyridine rings is 2. The summed E-state index contributed by atoms with van der Waals surface area (Å²) in [6.45, 7) is 25.5. The van der Waals surface area contributed by atoms with Gasteiger partial charge in [-0.15, -0.1) is 0 Å². The van der Waals surface area contributed by atoms with Crippen LogP contribution in [0.4, 0.5) is 36.7 Å². The zero-order valence-corrected chi connectivity index (χ0v) is 53.2. The zero-order chi connectivity index (χ0) is 63.3. The number of sulfone groups is 1. The van der Waals surface area contributed by atoms with Crippen LogP contribution in [0.2, 0.25) is 0 Å². The Morgan fingerprint density at radius 3 is 2.21 bits per heavy atom. The number of carbonyl (C=O) groups is 3. The highest BCUT2D eigenvalue weighted by Gasteiger charge is 2.44. The van der Waals surface area contributed by atoms with Crippen LogP contribution < -0.4 is 19.9 Å². The van der Waals surface area contributed by atoms with Crippen molar-refractivity contribution >= 4 is 72.7 Å². The first-order valence-corrected chi connectivity index (χ1v) is 32.0. The van der Waals surface area contributed by atoms with Crippen molar-refractivity contribution in [1.29, 1.82) is 0 Å². The summed E-state index contributed by atoms with van der Waals surface area (Å²) in [4.78, 5) is 75.6. The molecule has 0 aliphatic carbocycles. The number of hydrogen-bond donors (Lipinski definition) is 2. The number of halogens is 2. The molecule has 0 bridgehead atoms. The number of fused-ring (bicyclic) bond motifs is 3. The molecule has 0 radical (unpaired) electrons. The number of aromatic nitrogens is 6. The van der Waals surface area contributed by atoms with E-state index < -0.39 is 32.1 Å². The lowest BCUT2D eigenvalue weighted by atomic mass is 9.91. The maximum Gasteiger partial charge on any atom is 0.410 e. The van der Waals surface area contributed by atoms with Crippen molar-refractivity contribution in [2.24, 2.45) is 0 Å². The molecule has 0 spiro atoms. The molecule has 8 heterocycles. The molecular formula is C65H80F2N14O7S. The first-order valence-electron chi connectivity index (χ1n) is 30.5. The summed E-state index contributed by atoms with van der Waals surface area (Å²) in [6.07, 6.45) is 6.78. The molecule has 4 aromatic heterocycles. The van der Waals surface area contributed by atoms with Gasteiger partial charge in [0.1, 0.15) is 34.5 Å². The molecule has 1 unspecified atom stereocenters. The van der Waals surface area contributed by atoms with Gasteiger partial charge in [-0.1, -0.05) is 26.0 Å². The Balaban J connectivity index is 0.696. The molecular weight excluding hydrogens is 1160 g/mol. The Bertz CT molecular complexity index is 3890. The standard InChI is InChI=1S/C65H80F2N14O7S/c1-41-35-78(24-23-77(41)37-48-38-80(62(84)88-63(3,4)5)42(2)36-79(48)39-57(82)81-40-65(9,10)58-54(81)28-44(32-69-58)27-43-11-13-46(66)14-12-43)60(83)45-33-70-61(71-34-45)76-21-19-75(20-22-76)25-26-87-55-31-53-49(30-56(55)89(85,86)64(6,7)8)51(17-18-68-53)72-59-50-29-47(67)15-16-52(50)73-74-59/h11-18,28-34,41-42,48H,19-27,35-40H2,1-10H3,(H2,68,72,73,74)/t41?,42-,48+/m1/s1. The molecule has 472 valence electrons. The van der Waals surface area contributed by atoms with Gasteiger partial charge in [-0.2, -0.15) is 5.10 Å². The number of H-pyrrole nitrogens is 1. The summed E-state index contributed by atoms with van der Waals surface area (Å²) in [5, 5.41) is 11.6. The molecule has 89 heavy (non-hydrogen) atoms. The molecule has 2 N–H and O–H groups in total. The van der Waals surface area contributed by atoms with Crippen LogP contribution in [0.25, 0.3) is 21.8 Å². The molecule has 7 aromatic rings. The highest BCUT2D eigenvalue weighted by atomic mass is 32.2. The number of anilines is 4. The van der Waals surface area contributed by atoms with Crippen molar-refractivity contribution in [3.63, 3.8) is 0 Å². The van der Waals surface area contributed by atoms with Crippen molar-refractivity contribution in [1.82, 2.24) is 54.6 Å². The Labute approximate surface area is 518 Å². The summed E-state index contributed by atoms with van der Waals surface area (Å²) >= 11 is 0. The Morgan fingerprint density at radius 2 is 1.51 bits per heavy atom. The number of ether oxygens (including phenoxy) is 2.